The summed E-state index contributed by atoms with van der Waals surface area (Å²) in [6, 6.07) is -0.589. The third-order valence-electron chi connectivity index (χ3n) is 3.97. The number of piperazine rings is 1. The molecule has 1 aliphatic carbocycles. The van der Waals surface area contributed by atoms with Gasteiger partial charge in [0, 0.05) is 33.7 Å². The topological polar surface area (TPSA) is 69.7 Å². The van der Waals surface area contributed by atoms with Gasteiger partial charge in [0.15, 0.2) is 0 Å². The summed E-state index contributed by atoms with van der Waals surface area (Å²) >= 11 is 0. The molecule has 1 amide bonds. The quantitative estimate of drug-likeness (QED) is 0.769. The number of nitrogens with zero attached hydrogens (tertiary/aromatic N) is 2. The monoisotopic (exact) mass is 289 g/mol. The van der Waals surface area contributed by atoms with Crippen molar-refractivity contribution in [1.82, 2.24) is 14.5 Å². The van der Waals surface area contributed by atoms with Crippen molar-refractivity contribution in [1.29, 1.82) is 0 Å². The van der Waals surface area contributed by atoms with Crippen LogP contribution < -0.4 is 5.32 Å². The SMILES string of the molecule is CN(C)C(=O)C1CNCCN1S(=O)(=O)C1CCCC1. The molecule has 0 aromatic rings. The largest absolute Gasteiger partial charge is 0.347 e. The van der Waals surface area contributed by atoms with Gasteiger partial charge in [-0.05, 0) is 12.8 Å². The zero-order valence-electron chi connectivity index (χ0n) is 11.6. The van der Waals surface area contributed by atoms with Crippen LogP contribution in [-0.4, -0.2) is 68.6 Å². The van der Waals surface area contributed by atoms with E-state index in [1.54, 1.807) is 14.1 Å². The fourth-order valence-corrected chi connectivity index (χ4v) is 5.05. The highest BCUT2D eigenvalue weighted by atomic mass is 32.2. The summed E-state index contributed by atoms with van der Waals surface area (Å²) in [5.41, 5.74) is 0. The molecule has 2 aliphatic rings. The molecule has 2 fully saturated rings. The van der Waals surface area contributed by atoms with Gasteiger partial charge in [-0.15, -0.1) is 0 Å². The summed E-state index contributed by atoms with van der Waals surface area (Å²) in [6.45, 7) is 1.41. The van der Waals surface area contributed by atoms with Gasteiger partial charge in [0.2, 0.25) is 15.9 Å². The summed E-state index contributed by atoms with van der Waals surface area (Å²) < 4.78 is 26.7. The number of nitrogens with one attached hydrogen (secondary N) is 1. The lowest BCUT2D eigenvalue weighted by molar-refractivity contribution is -0.133. The number of carbonyl (C=O) groups excluding carboxylic acids is 1. The van der Waals surface area contributed by atoms with Crippen LogP contribution in [0.25, 0.3) is 0 Å². The molecule has 0 spiro atoms. The standard InChI is InChI=1S/C12H23N3O3S/c1-14(2)12(16)11-9-13-7-8-15(11)19(17,18)10-5-3-4-6-10/h10-11,13H,3-9H2,1-2H3. The second-order valence-corrected chi connectivity index (χ2v) is 7.68. The van der Waals surface area contributed by atoms with E-state index in [1.807, 2.05) is 0 Å². The molecule has 110 valence electrons. The van der Waals surface area contributed by atoms with Crippen LogP contribution in [0.4, 0.5) is 0 Å². The zero-order valence-corrected chi connectivity index (χ0v) is 12.4. The van der Waals surface area contributed by atoms with E-state index >= 15 is 0 Å². The van der Waals surface area contributed by atoms with E-state index in [0.717, 1.165) is 25.7 Å². The molecule has 0 aromatic heterocycles. The van der Waals surface area contributed by atoms with Crippen LogP contribution in [0.3, 0.4) is 0 Å². The number of sulfonamides is 1. The molecule has 1 saturated heterocycles. The van der Waals surface area contributed by atoms with Crippen LogP contribution in [0.5, 0.6) is 0 Å². The lowest BCUT2D eigenvalue weighted by atomic mass is 10.2. The maximum Gasteiger partial charge on any atom is 0.241 e. The number of hydrogen-bond donors (Lipinski definition) is 1. The normalized spacial score (nSPS) is 26.5. The van der Waals surface area contributed by atoms with Crippen LogP contribution in [-0.2, 0) is 14.8 Å². The first-order valence-electron chi connectivity index (χ1n) is 6.87. The molecule has 1 aliphatic heterocycles. The number of amides is 1. The van der Waals surface area contributed by atoms with Gasteiger partial charge in [0.1, 0.15) is 6.04 Å². The maximum atomic E-state index is 12.7. The Hall–Kier alpha value is -0.660. The summed E-state index contributed by atoms with van der Waals surface area (Å²) in [5.74, 6) is -0.145. The Kier molecular flexibility index (Phi) is 4.47. The van der Waals surface area contributed by atoms with Crippen molar-refractivity contribution >= 4 is 15.9 Å². The number of hydrogen-bond acceptors (Lipinski definition) is 4. The lowest BCUT2D eigenvalue weighted by Gasteiger charge is -2.36. The molecule has 0 aromatic carbocycles. The third kappa shape index (κ3) is 2.93. The Morgan fingerprint density at radius 1 is 1.26 bits per heavy atom. The van der Waals surface area contributed by atoms with E-state index in [2.05, 4.69) is 5.32 Å². The molecule has 0 radical (unpaired) electrons. The second kappa shape index (κ2) is 5.76. The second-order valence-electron chi connectivity index (χ2n) is 5.51. The molecule has 1 N–H and O–H groups in total. The number of likely N-dealkylation sites (N-methyl/N-ethyl adjacent to an activating group) is 1. The summed E-state index contributed by atoms with van der Waals surface area (Å²) in [5, 5.41) is 2.82. The van der Waals surface area contributed by atoms with E-state index in [-0.39, 0.29) is 11.2 Å². The molecule has 1 heterocycles. The Bertz CT molecular complexity index is 430. The number of carbonyl (C=O) groups is 1. The highest BCUT2D eigenvalue weighted by Gasteiger charge is 2.42. The first-order chi connectivity index (χ1) is 8.94. The van der Waals surface area contributed by atoms with E-state index in [0.29, 0.717) is 19.6 Å². The van der Waals surface area contributed by atoms with Gasteiger partial charge in [-0.25, -0.2) is 8.42 Å². The molecular weight excluding hydrogens is 266 g/mol. The van der Waals surface area contributed by atoms with Crippen LogP contribution in [0.15, 0.2) is 0 Å². The van der Waals surface area contributed by atoms with Crippen LogP contribution >= 0.6 is 0 Å². The van der Waals surface area contributed by atoms with Crippen molar-refractivity contribution in [3.05, 3.63) is 0 Å². The molecule has 1 atom stereocenters. The molecule has 0 bridgehead atoms. The molecule has 2 rings (SSSR count). The van der Waals surface area contributed by atoms with Gasteiger partial charge in [-0.2, -0.15) is 4.31 Å². The molecule has 1 unspecified atom stereocenters. The molecule has 19 heavy (non-hydrogen) atoms. The van der Waals surface area contributed by atoms with Crippen molar-refractivity contribution in [2.24, 2.45) is 0 Å². The average molecular weight is 289 g/mol. The Labute approximate surface area is 115 Å². The fraction of sp³-hybridized carbons (Fsp3) is 0.917. The highest BCUT2D eigenvalue weighted by molar-refractivity contribution is 7.89. The smallest absolute Gasteiger partial charge is 0.241 e. The van der Waals surface area contributed by atoms with Crippen molar-refractivity contribution in [3.8, 4) is 0 Å². The summed E-state index contributed by atoms with van der Waals surface area (Å²) in [6.07, 6.45) is 3.41. The van der Waals surface area contributed by atoms with Gasteiger partial charge in [0.25, 0.3) is 0 Å². The molecule has 1 saturated carbocycles. The van der Waals surface area contributed by atoms with Crippen LogP contribution in [0.2, 0.25) is 0 Å². The minimum Gasteiger partial charge on any atom is -0.347 e. The van der Waals surface area contributed by atoms with Crippen molar-refractivity contribution in [2.45, 2.75) is 37.0 Å². The van der Waals surface area contributed by atoms with Gasteiger partial charge in [-0.1, -0.05) is 12.8 Å². The molecule has 6 nitrogen and oxygen atoms in total. The predicted molar refractivity (Wildman–Crippen MR) is 73.2 cm³/mol. The van der Waals surface area contributed by atoms with Crippen molar-refractivity contribution in [3.63, 3.8) is 0 Å². The first-order valence-corrected chi connectivity index (χ1v) is 8.37. The Balaban J connectivity index is 2.21. The summed E-state index contributed by atoms with van der Waals surface area (Å²) in [4.78, 5) is 13.6. The van der Waals surface area contributed by atoms with Gasteiger partial charge < -0.3 is 10.2 Å². The first kappa shape index (κ1) is 14.7. The minimum atomic E-state index is -3.34. The van der Waals surface area contributed by atoms with E-state index in [4.69, 9.17) is 0 Å². The van der Waals surface area contributed by atoms with E-state index in [1.165, 1.54) is 9.21 Å². The van der Waals surface area contributed by atoms with Crippen LogP contribution in [0, 0.1) is 0 Å². The van der Waals surface area contributed by atoms with E-state index < -0.39 is 16.1 Å². The Morgan fingerprint density at radius 2 is 1.89 bits per heavy atom. The zero-order chi connectivity index (χ0) is 14.0. The summed E-state index contributed by atoms with van der Waals surface area (Å²) in [7, 11) is -0.0156. The minimum absolute atomic E-state index is 0.145. The van der Waals surface area contributed by atoms with Gasteiger partial charge in [0.05, 0.1) is 5.25 Å². The van der Waals surface area contributed by atoms with Gasteiger partial charge >= 0.3 is 0 Å². The van der Waals surface area contributed by atoms with Crippen molar-refractivity contribution in [2.75, 3.05) is 33.7 Å². The van der Waals surface area contributed by atoms with E-state index in [9.17, 15) is 13.2 Å². The number of rotatable bonds is 3. The molecular formula is C12H23N3O3S. The Morgan fingerprint density at radius 3 is 2.47 bits per heavy atom. The van der Waals surface area contributed by atoms with Gasteiger partial charge in [-0.3, -0.25) is 4.79 Å². The molecule has 7 heteroatoms. The highest BCUT2D eigenvalue weighted by Crippen LogP contribution is 2.28. The lowest BCUT2D eigenvalue weighted by Crippen LogP contribution is -2.60. The third-order valence-corrected chi connectivity index (χ3v) is 6.38. The maximum absolute atomic E-state index is 12.7. The average Bonchev–Trinajstić information content (AvgIpc) is 2.92. The fourth-order valence-electron chi connectivity index (χ4n) is 2.88. The van der Waals surface area contributed by atoms with Crippen LogP contribution in [0.1, 0.15) is 25.7 Å². The van der Waals surface area contributed by atoms with Crippen molar-refractivity contribution < 1.29 is 13.2 Å². The predicted octanol–water partition coefficient (Wildman–Crippen LogP) is -0.379.